The van der Waals surface area contributed by atoms with Gasteiger partial charge in [0.2, 0.25) is 0 Å². The van der Waals surface area contributed by atoms with E-state index in [9.17, 15) is 4.79 Å². The Kier molecular flexibility index (Phi) is 3.65. The van der Waals surface area contributed by atoms with Gasteiger partial charge in [0.15, 0.2) is 5.76 Å². The van der Waals surface area contributed by atoms with Gasteiger partial charge in [0, 0.05) is 24.7 Å². The van der Waals surface area contributed by atoms with Gasteiger partial charge in [0.05, 0.1) is 6.20 Å². The van der Waals surface area contributed by atoms with Gasteiger partial charge in [-0.15, -0.1) is 0 Å². The molecule has 2 aliphatic rings. The Balaban J connectivity index is 1.44. The summed E-state index contributed by atoms with van der Waals surface area (Å²) in [6.45, 7) is 5.32. The zero-order valence-corrected chi connectivity index (χ0v) is 13.3. The van der Waals surface area contributed by atoms with E-state index in [0.717, 1.165) is 31.0 Å². The minimum atomic E-state index is -0.212. The molecule has 3 atom stereocenters. The highest BCUT2D eigenvalue weighted by atomic mass is 16.4. The Labute approximate surface area is 135 Å². The van der Waals surface area contributed by atoms with Crippen molar-refractivity contribution in [3.63, 3.8) is 0 Å². The zero-order valence-electron chi connectivity index (χ0n) is 13.3. The van der Waals surface area contributed by atoms with Gasteiger partial charge in [0.25, 0.3) is 5.89 Å². The maximum absolute atomic E-state index is 12.4. The lowest BCUT2D eigenvalue weighted by Crippen LogP contribution is -2.47. The fourth-order valence-electron chi connectivity index (χ4n) is 3.64. The van der Waals surface area contributed by atoms with Crippen molar-refractivity contribution < 1.29 is 9.21 Å². The Hall–Kier alpha value is -2.14. The van der Waals surface area contributed by atoms with E-state index in [4.69, 9.17) is 4.42 Å². The van der Waals surface area contributed by atoms with Crippen LogP contribution in [-0.4, -0.2) is 41.5 Å². The molecule has 0 spiro atoms. The summed E-state index contributed by atoms with van der Waals surface area (Å²) in [6.07, 6.45) is 3.93. The smallest absolute Gasteiger partial charge is 0.307 e. The third-order valence-electron chi connectivity index (χ3n) is 4.84. The standard InChI is InChI=1S/C18H21N3O2/c1-12-2-4-14(5-3-12)16-9-19-18(23-16)17(22)20-15-8-13-6-7-21(10-13)11-15/h2-5,9,13,15H,6-8,10-11H2,1H3,(H,20,22)/t13-,15+/m0/s1. The number of aromatic nitrogens is 1. The van der Waals surface area contributed by atoms with Crippen molar-refractivity contribution in [3.05, 3.63) is 41.9 Å². The van der Waals surface area contributed by atoms with E-state index in [1.165, 1.54) is 18.5 Å². The topological polar surface area (TPSA) is 58.4 Å². The summed E-state index contributed by atoms with van der Waals surface area (Å²) in [5.74, 6) is 1.29. The fraction of sp³-hybridized carbons (Fsp3) is 0.444. The van der Waals surface area contributed by atoms with Gasteiger partial charge in [-0.25, -0.2) is 4.98 Å². The van der Waals surface area contributed by atoms with Crippen LogP contribution in [0.4, 0.5) is 0 Å². The number of rotatable bonds is 3. The third kappa shape index (κ3) is 3.01. The van der Waals surface area contributed by atoms with Gasteiger partial charge in [-0.1, -0.05) is 29.8 Å². The second-order valence-corrected chi connectivity index (χ2v) is 6.72. The number of benzene rings is 1. The maximum atomic E-state index is 12.4. The highest BCUT2D eigenvalue weighted by Gasteiger charge is 2.33. The molecule has 1 aromatic heterocycles. The quantitative estimate of drug-likeness (QED) is 0.946. The molecule has 2 saturated heterocycles. The Morgan fingerprint density at radius 2 is 2.13 bits per heavy atom. The number of amides is 1. The molecule has 1 N–H and O–H groups in total. The number of hydrogen-bond acceptors (Lipinski definition) is 4. The molecule has 3 heterocycles. The molecule has 2 aliphatic heterocycles. The first-order valence-electron chi connectivity index (χ1n) is 8.23. The monoisotopic (exact) mass is 311 g/mol. The molecule has 0 saturated carbocycles. The van der Waals surface area contributed by atoms with Crippen molar-refractivity contribution in [3.8, 4) is 11.3 Å². The van der Waals surface area contributed by atoms with Crippen LogP contribution in [0.1, 0.15) is 29.1 Å². The third-order valence-corrected chi connectivity index (χ3v) is 4.84. The summed E-state index contributed by atoms with van der Waals surface area (Å²) >= 11 is 0. The first kappa shape index (κ1) is 14.5. The van der Waals surface area contributed by atoms with Crippen LogP contribution in [-0.2, 0) is 0 Å². The fourth-order valence-corrected chi connectivity index (χ4v) is 3.64. The Morgan fingerprint density at radius 1 is 1.30 bits per heavy atom. The van der Waals surface area contributed by atoms with Gasteiger partial charge in [-0.2, -0.15) is 0 Å². The predicted molar refractivity (Wildman–Crippen MR) is 87.1 cm³/mol. The van der Waals surface area contributed by atoms with E-state index in [1.807, 2.05) is 31.2 Å². The largest absolute Gasteiger partial charge is 0.432 e. The molecule has 4 rings (SSSR count). The van der Waals surface area contributed by atoms with Gasteiger partial charge in [-0.05, 0) is 32.2 Å². The molecule has 1 aromatic carbocycles. The summed E-state index contributed by atoms with van der Waals surface area (Å²) < 4.78 is 5.65. The number of nitrogens with one attached hydrogen (secondary N) is 1. The molecule has 2 aromatic rings. The molecule has 5 heteroatoms. The first-order chi connectivity index (χ1) is 11.2. The molecular weight excluding hydrogens is 290 g/mol. The molecule has 1 amide bonds. The molecule has 2 fully saturated rings. The molecule has 0 aliphatic carbocycles. The summed E-state index contributed by atoms with van der Waals surface area (Å²) in [6, 6.07) is 8.19. The Bertz CT molecular complexity index is 695. The van der Waals surface area contributed by atoms with Crippen molar-refractivity contribution in [2.24, 2.45) is 5.92 Å². The molecule has 0 radical (unpaired) electrons. The van der Waals surface area contributed by atoms with Crippen molar-refractivity contribution in [1.29, 1.82) is 0 Å². The van der Waals surface area contributed by atoms with E-state index in [2.05, 4.69) is 15.2 Å². The second-order valence-electron chi connectivity index (χ2n) is 6.72. The van der Waals surface area contributed by atoms with Crippen LogP contribution >= 0.6 is 0 Å². The van der Waals surface area contributed by atoms with E-state index in [0.29, 0.717) is 5.76 Å². The van der Waals surface area contributed by atoms with Crippen LogP contribution in [0.2, 0.25) is 0 Å². The summed E-state index contributed by atoms with van der Waals surface area (Å²) in [4.78, 5) is 18.9. The molecular formula is C18H21N3O2. The number of piperidine rings is 1. The lowest BCUT2D eigenvalue weighted by Gasteiger charge is -2.30. The average molecular weight is 311 g/mol. The van der Waals surface area contributed by atoms with Gasteiger partial charge < -0.3 is 14.6 Å². The minimum absolute atomic E-state index is 0.147. The number of nitrogens with zero attached hydrogens (tertiary/aromatic N) is 2. The zero-order chi connectivity index (χ0) is 15.8. The van der Waals surface area contributed by atoms with Gasteiger partial charge >= 0.3 is 5.91 Å². The van der Waals surface area contributed by atoms with Crippen LogP contribution in [0.15, 0.2) is 34.9 Å². The highest BCUT2D eigenvalue weighted by molar-refractivity contribution is 5.90. The average Bonchev–Trinajstić information content (AvgIpc) is 3.15. The summed E-state index contributed by atoms with van der Waals surface area (Å²) in [5.41, 5.74) is 2.12. The molecule has 120 valence electrons. The number of carbonyl (C=O) groups excluding carboxylic acids is 1. The van der Waals surface area contributed by atoms with Crippen LogP contribution in [0.3, 0.4) is 0 Å². The number of hydrogen-bond donors (Lipinski definition) is 1. The first-order valence-corrected chi connectivity index (χ1v) is 8.23. The number of fused-ring (bicyclic) bond motifs is 2. The van der Waals surface area contributed by atoms with E-state index >= 15 is 0 Å². The van der Waals surface area contributed by atoms with Crippen molar-refractivity contribution in [2.45, 2.75) is 25.8 Å². The van der Waals surface area contributed by atoms with Crippen LogP contribution in [0.5, 0.6) is 0 Å². The van der Waals surface area contributed by atoms with E-state index < -0.39 is 0 Å². The summed E-state index contributed by atoms with van der Waals surface area (Å²) in [7, 11) is 0. The van der Waals surface area contributed by atoms with E-state index in [-0.39, 0.29) is 17.8 Å². The number of carbonyl (C=O) groups is 1. The lowest BCUT2D eigenvalue weighted by molar-refractivity contribution is 0.0875. The van der Waals surface area contributed by atoms with Crippen LogP contribution < -0.4 is 5.32 Å². The molecule has 1 unspecified atom stereocenters. The summed E-state index contributed by atoms with van der Waals surface area (Å²) in [5, 5.41) is 3.07. The Morgan fingerprint density at radius 3 is 2.91 bits per heavy atom. The van der Waals surface area contributed by atoms with Crippen LogP contribution in [0, 0.1) is 12.8 Å². The van der Waals surface area contributed by atoms with Crippen molar-refractivity contribution in [2.75, 3.05) is 19.6 Å². The van der Waals surface area contributed by atoms with Crippen molar-refractivity contribution >= 4 is 5.91 Å². The van der Waals surface area contributed by atoms with Gasteiger partial charge in [-0.3, -0.25) is 4.79 Å². The minimum Gasteiger partial charge on any atom is -0.432 e. The van der Waals surface area contributed by atoms with Crippen molar-refractivity contribution in [1.82, 2.24) is 15.2 Å². The highest BCUT2D eigenvalue weighted by Crippen LogP contribution is 2.27. The number of oxazole rings is 1. The molecule has 5 nitrogen and oxygen atoms in total. The second kappa shape index (κ2) is 5.81. The molecule has 23 heavy (non-hydrogen) atoms. The lowest BCUT2D eigenvalue weighted by atomic mass is 9.97. The molecule has 2 bridgehead atoms. The predicted octanol–water partition coefficient (Wildman–Crippen LogP) is 2.47. The normalized spacial score (nSPS) is 26.2. The van der Waals surface area contributed by atoms with Gasteiger partial charge in [0.1, 0.15) is 0 Å². The number of aryl methyl sites for hydroxylation is 1. The maximum Gasteiger partial charge on any atom is 0.307 e. The van der Waals surface area contributed by atoms with Crippen LogP contribution in [0.25, 0.3) is 11.3 Å². The SMILES string of the molecule is Cc1ccc(-c2cnc(C(=O)N[C@@H]3C[C@@H]4CCN(C4)C3)o2)cc1. The van der Waals surface area contributed by atoms with E-state index in [1.54, 1.807) is 6.20 Å².